The summed E-state index contributed by atoms with van der Waals surface area (Å²) in [5.74, 6) is 0.251. The summed E-state index contributed by atoms with van der Waals surface area (Å²) in [5, 5.41) is 0.652. The third-order valence-corrected chi connectivity index (χ3v) is 4.80. The zero-order valence-electron chi connectivity index (χ0n) is 16.8. The molecular weight excluding hydrogens is 376 g/mol. The van der Waals surface area contributed by atoms with Crippen molar-refractivity contribution in [1.29, 1.82) is 0 Å². The summed E-state index contributed by atoms with van der Waals surface area (Å²) >= 11 is 5.87. The lowest BCUT2D eigenvalue weighted by Crippen LogP contribution is -2.27. The van der Waals surface area contributed by atoms with E-state index in [4.69, 9.17) is 21.1 Å². The van der Waals surface area contributed by atoms with E-state index in [0.29, 0.717) is 29.4 Å². The Kier molecular flexibility index (Phi) is 8.06. The molecule has 0 saturated heterocycles. The van der Waals surface area contributed by atoms with Crippen LogP contribution in [0.1, 0.15) is 43.6 Å². The second kappa shape index (κ2) is 10.3. The maximum absolute atomic E-state index is 12.4. The van der Waals surface area contributed by atoms with Gasteiger partial charge in [-0.3, -0.25) is 9.59 Å². The summed E-state index contributed by atoms with van der Waals surface area (Å²) in [6, 6.07) is 14.3. The van der Waals surface area contributed by atoms with Gasteiger partial charge in [0, 0.05) is 22.9 Å². The molecule has 2 aromatic rings. The molecule has 0 amide bonds. The van der Waals surface area contributed by atoms with Crippen molar-refractivity contribution in [2.45, 2.75) is 40.2 Å². The summed E-state index contributed by atoms with van der Waals surface area (Å²) < 4.78 is 11.0. The Morgan fingerprint density at radius 2 is 1.54 bits per heavy atom. The zero-order valence-corrected chi connectivity index (χ0v) is 17.5. The second-order valence-corrected chi connectivity index (χ2v) is 7.75. The van der Waals surface area contributed by atoms with Crippen LogP contribution in [0.15, 0.2) is 48.5 Å². The van der Waals surface area contributed by atoms with Crippen molar-refractivity contribution >= 4 is 23.4 Å². The molecule has 0 aromatic heterocycles. The minimum absolute atomic E-state index is 0.0115. The zero-order chi connectivity index (χ0) is 20.7. The van der Waals surface area contributed by atoms with Crippen molar-refractivity contribution in [2.75, 3.05) is 6.61 Å². The number of ether oxygens (including phenoxy) is 2. The highest BCUT2D eigenvalue weighted by molar-refractivity contribution is 6.30. The van der Waals surface area contributed by atoms with Crippen molar-refractivity contribution in [3.05, 3.63) is 64.7 Å². The van der Waals surface area contributed by atoms with Gasteiger partial charge < -0.3 is 9.47 Å². The highest BCUT2D eigenvalue weighted by atomic mass is 35.5. The molecule has 0 spiro atoms. The van der Waals surface area contributed by atoms with E-state index >= 15 is 0 Å². The number of hydrogen-bond acceptors (Lipinski definition) is 4. The Morgan fingerprint density at radius 1 is 0.929 bits per heavy atom. The van der Waals surface area contributed by atoms with Crippen LogP contribution in [0.3, 0.4) is 0 Å². The first-order valence-corrected chi connectivity index (χ1v) is 9.85. The van der Waals surface area contributed by atoms with Gasteiger partial charge in [-0.25, -0.2) is 0 Å². The smallest absolute Gasteiger partial charge is 0.309 e. The molecule has 0 saturated carbocycles. The van der Waals surface area contributed by atoms with E-state index in [2.05, 4.69) is 0 Å². The minimum atomic E-state index is -0.248. The molecule has 2 unspecified atom stereocenters. The van der Waals surface area contributed by atoms with Gasteiger partial charge in [0.1, 0.15) is 5.75 Å². The largest absolute Gasteiger partial charge is 0.493 e. The van der Waals surface area contributed by atoms with Crippen molar-refractivity contribution < 1.29 is 19.1 Å². The summed E-state index contributed by atoms with van der Waals surface area (Å²) in [6.07, 6.45) is 0.199. The van der Waals surface area contributed by atoms with Gasteiger partial charge in [-0.05, 0) is 55.8 Å². The molecule has 28 heavy (non-hydrogen) atoms. The first-order valence-electron chi connectivity index (χ1n) is 9.47. The second-order valence-electron chi connectivity index (χ2n) is 7.31. The third-order valence-electron chi connectivity index (χ3n) is 4.54. The summed E-state index contributed by atoms with van der Waals surface area (Å²) in [7, 11) is 0. The molecule has 0 N–H and O–H groups in total. The topological polar surface area (TPSA) is 52.6 Å². The van der Waals surface area contributed by atoms with Gasteiger partial charge in [0.2, 0.25) is 0 Å². The van der Waals surface area contributed by atoms with Crippen LogP contribution < -0.4 is 4.74 Å². The summed E-state index contributed by atoms with van der Waals surface area (Å²) in [4.78, 5) is 24.4. The molecule has 0 aliphatic rings. The molecule has 4 nitrogen and oxygen atoms in total. The average molecular weight is 403 g/mol. The minimum Gasteiger partial charge on any atom is -0.493 e. The van der Waals surface area contributed by atoms with E-state index in [9.17, 15) is 9.59 Å². The summed E-state index contributed by atoms with van der Waals surface area (Å²) in [6.45, 7) is 7.86. The lowest BCUT2D eigenvalue weighted by Gasteiger charge is -2.20. The number of carbonyl (C=O) groups is 2. The highest BCUT2D eigenvalue weighted by Gasteiger charge is 2.23. The van der Waals surface area contributed by atoms with Crippen LogP contribution in [0.25, 0.3) is 0 Å². The van der Waals surface area contributed by atoms with Crippen LogP contribution in [0.5, 0.6) is 5.75 Å². The van der Waals surface area contributed by atoms with Crippen LogP contribution in [-0.2, 0) is 16.0 Å². The van der Waals surface area contributed by atoms with Gasteiger partial charge in [0.05, 0.1) is 18.6 Å². The number of esters is 1. The molecule has 0 fully saturated rings. The Morgan fingerprint density at radius 3 is 2.11 bits per heavy atom. The molecule has 2 aromatic carbocycles. The van der Waals surface area contributed by atoms with E-state index in [1.54, 1.807) is 36.4 Å². The normalized spacial score (nSPS) is 13.1. The van der Waals surface area contributed by atoms with E-state index < -0.39 is 0 Å². The van der Waals surface area contributed by atoms with Gasteiger partial charge >= 0.3 is 5.97 Å². The monoisotopic (exact) mass is 402 g/mol. The van der Waals surface area contributed by atoms with Crippen molar-refractivity contribution in [2.24, 2.45) is 11.8 Å². The van der Waals surface area contributed by atoms with Crippen molar-refractivity contribution in [1.82, 2.24) is 0 Å². The number of carbonyl (C=O) groups excluding carboxylic acids is 2. The van der Waals surface area contributed by atoms with Gasteiger partial charge in [0.15, 0.2) is 5.78 Å². The fourth-order valence-electron chi connectivity index (χ4n) is 2.57. The summed E-state index contributed by atoms with van der Waals surface area (Å²) in [5.41, 5.74) is 1.55. The van der Waals surface area contributed by atoms with Gasteiger partial charge in [-0.1, -0.05) is 37.6 Å². The van der Waals surface area contributed by atoms with E-state index in [-0.39, 0.29) is 29.7 Å². The van der Waals surface area contributed by atoms with E-state index in [1.807, 2.05) is 39.8 Å². The van der Waals surface area contributed by atoms with Crippen LogP contribution >= 0.6 is 11.6 Å². The number of rotatable bonds is 9. The van der Waals surface area contributed by atoms with Crippen LogP contribution in [0.2, 0.25) is 5.02 Å². The molecule has 2 atom stereocenters. The number of halogens is 1. The van der Waals surface area contributed by atoms with Crippen molar-refractivity contribution in [3.8, 4) is 5.75 Å². The fourth-order valence-corrected chi connectivity index (χ4v) is 2.70. The standard InChI is InChI=1S/C23H27ClO4/c1-15(2)28-23(26)17(4)16(3)14-27-21-11-7-19(8-12-21)22(25)13-18-5-9-20(24)10-6-18/h5-12,15-17H,13-14H2,1-4H3. The number of hydrogen-bond donors (Lipinski definition) is 0. The van der Waals surface area contributed by atoms with Gasteiger partial charge in [-0.2, -0.15) is 0 Å². The molecule has 150 valence electrons. The SMILES string of the molecule is CC(C)OC(=O)C(C)C(C)COc1ccc(C(=O)Cc2ccc(Cl)cc2)cc1. The van der Waals surface area contributed by atoms with Gasteiger partial charge in [-0.15, -0.1) is 0 Å². The molecule has 0 aliphatic carbocycles. The third kappa shape index (κ3) is 6.68. The van der Waals surface area contributed by atoms with E-state index in [1.165, 1.54) is 0 Å². The first kappa shape index (κ1) is 22.0. The quantitative estimate of drug-likeness (QED) is 0.418. The van der Waals surface area contributed by atoms with Crippen LogP contribution in [-0.4, -0.2) is 24.5 Å². The molecule has 0 aliphatic heterocycles. The molecular formula is C23H27ClO4. The molecule has 5 heteroatoms. The highest BCUT2D eigenvalue weighted by Crippen LogP contribution is 2.19. The Hall–Kier alpha value is -2.33. The Bertz CT molecular complexity index is 781. The molecule has 0 bridgehead atoms. The van der Waals surface area contributed by atoms with Crippen LogP contribution in [0.4, 0.5) is 0 Å². The lowest BCUT2D eigenvalue weighted by molar-refractivity contribution is -0.153. The molecule has 0 radical (unpaired) electrons. The van der Waals surface area contributed by atoms with Crippen LogP contribution in [0, 0.1) is 11.8 Å². The predicted molar refractivity (Wildman–Crippen MR) is 111 cm³/mol. The Labute approximate surface area is 171 Å². The molecule has 0 heterocycles. The maximum atomic E-state index is 12.4. The lowest BCUT2D eigenvalue weighted by atomic mass is 9.97. The average Bonchev–Trinajstić information content (AvgIpc) is 2.67. The van der Waals surface area contributed by atoms with Crippen molar-refractivity contribution in [3.63, 3.8) is 0 Å². The first-order chi connectivity index (χ1) is 13.3. The number of ketones is 1. The predicted octanol–water partition coefficient (Wildman–Crippen LogP) is 5.37. The van der Waals surface area contributed by atoms with E-state index in [0.717, 1.165) is 5.56 Å². The fraction of sp³-hybridized carbons (Fsp3) is 0.391. The maximum Gasteiger partial charge on any atom is 0.309 e. The van der Waals surface area contributed by atoms with Gasteiger partial charge in [0.25, 0.3) is 0 Å². The number of benzene rings is 2. The Balaban J connectivity index is 1.87. The molecule has 2 rings (SSSR count). The number of Topliss-reactive ketones (excluding diaryl/α,β-unsaturated/α-hetero) is 1.